The number of hydrogen-bond acceptors (Lipinski definition) is 5. The molecule has 7 heteroatoms. The van der Waals surface area contributed by atoms with Crippen LogP contribution < -0.4 is 4.90 Å². The highest BCUT2D eigenvalue weighted by atomic mass is 35.5. The van der Waals surface area contributed by atoms with Gasteiger partial charge in [0.1, 0.15) is 11.8 Å². The van der Waals surface area contributed by atoms with Crippen molar-refractivity contribution in [3.63, 3.8) is 0 Å². The van der Waals surface area contributed by atoms with Gasteiger partial charge >= 0.3 is 5.97 Å². The Labute approximate surface area is 209 Å². The van der Waals surface area contributed by atoms with Crippen LogP contribution in [-0.4, -0.2) is 42.2 Å². The van der Waals surface area contributed by atoms with Gasteiger partial charge in [0.05, 0.1) is 22.2 Å². The van der Waals surface area contributed by atoms with E-state index in [9.17, 15) is 15.2 Å². The third-order valence-corrected chi connectivity index (χ3v) is 8.44. The van der Waals surface area contributed by atoms with E-state index in [4.69, 9.17) is 16.0 Å². The number of hydrogen-bond donors (Lipinski definition) is 1. The summed E-state index contributed by atoms with van der Waals surface area (Å²) in [4.78, 5) is 16.1. The number of carboxylic acid groups (broad SMARTS) is 1. The lowest BCUT2D eigenvalue weighted by Crippen LogP contribution is -2.29. The molecule has 6 nitrogen and oxygen atoms in total. The first-order valence-corrected chi connectivity index (χ1v) is 12.9. The monoisotopic (exact) mass is 489 g/mol. The van der Waals surface area contributed by atoms with E-state index in [1.54, 1.807) is 0 Å². The summed E-state index contributed by atoms with van der Waals surface area (Å²) in [7, 11) is 0. The zero-order valence-corrected chi connectivity index (χ0v) is 20.4. The minimum absolute atomic E-state index is 0.148. The zero-order valence-electron chi connectivity index (χ0n) is 19.6. The molecule has 3 heterocycles. The van der Waals surface area contributed by atoms with Crippen LogP contribution in [0.25, 0.3) is 22.3 Å². The number of furan rings is 1. The predicted octanol–water partition coefficient (Wildman–Crippen LogP) is 6.01. The zero-order chi connectivity index (χ0) is 24.1. The Bertz CT molecular complexity index is 1350. The summed E-state index contributed by atoms with van der Waals surface area (Å²) in [6.45, 7) is 3.36. The Balaban J connectivity index is 1.39. The molecule has 0 spiro atoms. The van der Waals surface area contributed by atoms with Crippen LogP contribution in [0.2, 0.25) is 5.02 Å². The molecule has 3 aliphatic rings. The van der Waals surface area contributed by atoms with Gasteiger partial charge in [-0.05, 0) is 80.5 Å². The topological polar surface area (TPSA) is 80.7 Å². The lowest BCUT2D eigenvalue weighted by molar-refractivity contribution is -0.141. The van der Waals surface area contributed by atoms with Crippen LogP contribution in [-0.2, 0) is 11.2 Å². The quantitative estimate of drug-likeness (QED) is 0.483. The van der Waals surface area contributed by atoms with Crippen molar-refractivity contribution in [1.82, 2.24) is 4.90 Å². The molecular weight excluding hydrogens is 462 g/mol. The molecule has 2 saturated heterocycles. The lowest BCUT2D eigenvalue weighted by Gasteiger charge is -2.30. The van der Waals surface area contributed by atoms with Crippen LogP contribution in [0.3, 0.4) is 0 Å². The van der Waals surface area contributed by atoms with Gasteiger partial charge < -0.3 is 14.4 Å². The van der Waals surface area contributed by atoms with Crippen molar-refractivity contribution in [1.29, 1.82) is 5.26 Å². The van der Waals surface area contributed by atoms with Gasteiger partial charge in [0.25, 0.3) is 0 Å². The van der Waals surface area contributed by atoms with E-state index < -0.39 is 5.97 Å². The number of benzene rings is 2. The van der Waals surface area contributed by atoms with E-state index in [-0.39, 0.29) is 12.0 Å². The summed E-state index contributed by atoms with van der Waals surface area (Å²) in [5.41, 5.74) is 5.28. The molecule has 2 unspecified atom stereocenters. The van der Waals surface area contributed by atoms with Gasteiger partial charge in [0.2, 0.25) is 0 Å². The Kier molecular flexibility index (Phi) is 5.70. The molecule has 0 amide bonds. The molecule has 180 valence electrons. The van der Waals surface area contributed by atoms with Gasteiger partial charge in [-0.2, -0.15) is 5.26 Å². The number of carbonyl (C=O) groups is 1. The molecule has 2 aromatic carbocycles. The molecule has 2 atom stereocenters. The van der Waals surface area contributed by atoms with Crippen molar-refractivity contribution in [2.75, 3.05) is 31.1 Å². The first-order valence-electron chi connectivity index (χ1n) is 12.5. The number of nitrogens with zero attached hydrogens (tertiary/aromatic N) is 3. The van der Waals surface area contributed by atoms with Gasteiger partial charge in [-0.1, -0.05) is 17.7 Å². The number of piperidine rings is 1. The summed E-state index contributed by atoms with van der Waals surface area (Å²) in [5.74, 6) is -0.359. The summed E-state index contributed by atoms with van der Waals surface area (Å²) in [6.07, 6.45) is 5.99. The van der Waals surface area contributed by atoms with Crippen LogP contribution in [0.4, 0.5) is 5.69 Å². The molecule has 1 aromatic heterocycles. The lowest BCUT2D eigenvalue weighted by atomic mass is 9.99. The second kappa shape index (κ2) is 8.89. The van der Waals surface area contributed by atoms with Crippen LogP contribution >= 0.6 is 11.6 Å². The maximum absolute atomic E-state index is 11.5. The Hall–Kier alpha value is -3.01. The van der Waals surface area contributed by atoms with Crippen molar-refractivity contribution < 1.29 is 14.3 Å². The smallest absolute Gasteiger partial charge is 0.307 e. The normalized spacial score (nSPS) is 22.5. The summed E-state index contributed by atoms with van der Waals surface area (Å²) < 4.78 is 6.32. The molecule has 1 aliphatic carbocycles. The van der Waals surface area contributed by atoms with Gasteiger partial charge in [0.15, 0.2) is 5.58 Å². The number of nitriles is 1. The SMILES string of the molecule is N#Cc1c2c(cc3cc(-c4cccc(N5CCCCC5)c4Cl)oc13)C(N1CCC(C(=O)O)C1)CC2. The number of halogens is 1. The third-order valence-electron chi connectivity index (χ3n) is 8.04. The van der Waals surface area contributed by atoms with E-state index in [1.165, 1.54) is 19.3 Å². The molecule has 2 aliphatic heterocycles. The number of fused-ring (bicyclic) bond motifs is 2. The Morgan fingerprint density at radius 2 is 1.97 bits per heavy atom. The molecular formula is C28H28ClN3O3. The second-order valence-electron chi connectivity index (χ2n) is 10.0. The van der Waals surface area contributed by atoms with Gasteiger partial charge in [-0.3, -0.25) is 9.69 Å². The molecule has 1 N–H and O–H groups in total. The summed E-state index contributed by atoms with van der Waals surface area (Å²) in [5, 5.41) is 21.1. The third kappa shape index (κ3) is 3.78. The minimum atomic E-state index is -0.720. The number of carboxylic acids is 1. The number of anilines is 1. The first kappa shape index (κ1) is 22.5. The van der Waals surface area contributed by atoms with E-state index in [0.29, 0.717) is 34.9 Å². The molecule has 6 rings (SSSR count). The van der Waals surface area contributed by atoms with Gasteiger partial charge in [0, 0.05) is 36.6 Å². The van der Waals surface area contributed by atoms with E-state index in [0.717, 1.165) is 60.2 Å². The summed E-state index contributed by atoms with van der Waals surface area (Å²) >= 11 is 6.91. The largest absolute Gasteiger partial charge is 0.481 e. The maximum atomic E-state index is 11.5. The van der Waals surface area contributed by atoms with E-state index in [1.807, 2.05) is 18.2 Å². The molecule has 35 heavy (non-hydrogen) atoms. The maximum Gasteiger partial charge on any atom is 0.307 e. The first-order chi connectivity index (χ1) is 17.0. The van der Waals surface area contributed by atoms with Crippen LogP contribution in [0.1, 0.15) is 54.8 Å². The van der Waals surface area contributed by atoms with Crippen molar-refractivity contribution in [2.45, 2.75) is 44.6 Å². The highest BCUT2D eigenvalue weighted by molar-refractivity contribution is 6.36. The van der Waals surface area contributed by atoms with Crippen molar-refractivity contribution in [3.05, 3.63) is 52.0 Å². The summed E-state index contributed by atoms with van der Waals surface area (Å²) in [6, 6.07) is 12.8. The molecule has 3 aromatic rings. The molecule has 0 saturated carbocycles. The van der Waals surface area contributed by atoms with E-state index >= 15 is 0 Å². The van der Waals surface area contributed by atoms with Crippen LogP contribution in [0.15, 0.2) is 34.7 Å². The van der Waals surface area contributed by atoms with Gasteiger partial charge in [-0.15, -0.1) is 0 Å². The van der Waals surface area contributed by atoms with Crippen molar-refractivity contribution in [2.24, 2.45) is 5.92 Å². The van der Waals surface area contributed by atoms with Crippen LogP contribution in [0.5, 0.6) is 0 Å². The van der Waals surface area contributed by atoms with Crippen molar-refractivity contribution >= 4 is 34.2 Å². The average molecular weight is 490 g/mol. The number of likely N-dealkylation sites (tertiary alicyclic amines) is 1. The van der Waals surface area contributed by atoms with Crippen molar-refractivity contribution in [3.8, 4) is 17.4 Å². The predicted molar refractivity (Wildman–Crippen MR) is 136 cm³/mol. The second-order valence-corrected chi connectivity index (χ2v) is 10.4. The molecule has 2 fully saturated rings. The fraction of sp³-hybridized carbons (Fsp3) is 0.429. The Morgan fingerprint density at radius 1 is 1.14 bits per heavy atom. The highest BCUT2D eigenvalue weighted by Crippen LogP contribution is 2.45. The average Bonchev–Trinajstić information content (AvgIpc) is 3.61. The van der Waals surface area contributed by atoms with Gasteiger partial charge in [-0.25, -0.2) is 0 Å². The highest BCUT2D eigenvalue weighted by Gasteiger charge is 2.37. The Morgan fingerprint density at radius 3 is 2.71 bits per heavy atom. The van der Waals surface area contributed by atoms with Crippen LogP contribution in [0, 0.1) is 17.2 Å². The fourth-order valence-electron chi connectivity index (χ4n) is 6.24. The number of aliphatic carboxylic acids is 1. The minimum Gasteiger partial charge on any atom is -0.481 e. The molecule has 0 radical (unpaired) electrons. The van der Waals surface area contributed by atoms with E-state index in [2.05, 4.69) is 28.0 Å². The molecule has 0 bridgehead atoms. The number of rotatable bonds is 4. The fourth-order valence-corrected chi connectivity index (χ4v) is 6.58. The standard InChI is InChI=1S/C28H28ClN3O3/c29-26-20(5-4-6-24(26)31-10-2-1-3-11-31)25-14-18-13-21-19(22(15-30)27(18)35-25)7-8-23(21)32-12-9-17(16-32)28(33)34/h4-6,13-14,17,23H,1-3,7-12,16H2,(H,33,34).